The van der Waals surface area contributed by atoms with Gasteiger partial charge in [-0.2, -0.15) is 0 Å². The Morgan fingerprint density at radius 3 is 2.57 bits per heavy atom. The van der Waals surface area contributed by atoms with E-state index in [1.165, 1.54) is 6.33 Å². The fourth-order valence-corrected chi connectivity index (χ4v) is 3.00. The van der Waals surface area contributed by atoms with Gasteiger partial charge in [-0.05, 0) is 12.5 Å². The first-order valence-corrected chi connectivity index (χ1v) is 9.04. The molecular weight excluding hydrogens is 364 g/mol. The van der Waals surface area contributed by atoms with Crippen molar-refractivity contribution >= 4 is 23.4 Å². The van der Waals surface area contributed by atoms with Crippen LogP contribution in [0, 0.1) is 10.1 Å². The maximum Gasteiger partial charge on any atom is 0.409 e. The minimum Gasteiger partial charge on any atom is -0.450 e. The third-order valence-corrected chi connectivity index (χ3v) is 4.39. The lowest BCUT2D eigenvalue weighted by atomic mass is 10.2. The van der Waals surface area contributed by atoms with Crippen LogP contribution < -0.4 is 10.2 Å². The second kappa shape index (κ2) is 8.98. The van der Waals surface area contributed by atoms with Crippen molar-refractivity contribution in [2.45, 2.75) is 13.5 Å². The number of nitrogens with zero attached hydrogens (tertiary/aromatic N) is 5. The number of anilines is 2. The monoisotopic (exact) mass is 386 g/mol. The SMILES string of the molecule is CCOC(=O)N1CCN(c2ncnc(NCc3ccccc3)c2[N+](=O)[O-])CC1. The van der Waals surface area contributed by atoms with E-state index < -0.39 is 4.92 Å². The number of aromatic nitrogens is 2. The zero-order chi connectivity index (χ0) is 19.9. The van der Waals surface area contributed by atoms with E-state index in [9.17, 15) is 14.9 Å². The number of hydrogen-bond donors (Lipinski definition) is 1. The molecule has 1 N–H and O–H groups in total. The normalized spacial score (nSPS) is 13.9. The molecule has 1 amide bonds. The highest BCUT2D eigenvalue weighted by atomic mass is 16.6. The molecule has 0 unspecified atom stereocenters. The number of rotatable bonds is 6. The van der Waals surface area contributed by atoms with Gasteiger partial charge in [0.1, 0.15) is 6.33 Å². The summed E-state index contributed by atoms with van der Waals surface area (Å²) in [5.41, 5.74) is 0.822. The second-order valence-corrected chi connectivity index (χ2v) is 6.16. The van der Waals surface area contributed by atoms with Gasteiger partial charge in [0.15, 0.2) is 0 Å². The van der Waals surface area contributed by atoms with Crippen LogP contribution in [0.1, 0.15) is 12.5 Å². The van der Waals surface area contributed by atoms with Crippen molar-refractivity contribution in [1.29, 1.82) is 0 Å². The molecule has 1 aromatic heterocycles. The molecule has 148 valence electrons. The minimum atomic E-state index is -0.472. The minimum absolute atomic E-state index is 0.164. The molecule has 1 saturated heterocycles. The van der Waals surface area contributed by atoms with Crippen molar-refractivity contribution < 1.29 is 14.5 Å². The molecule has 0 saturated carbocycles. The number of hydrogen-bond acceptors (Lipinski definition) is 8. The van der Waals surface area contributed by atoms with Crippen LogP contribution in [0.3, 0.4) is 0 Å². The Morgan fingerprint density at radius 2 is 1.93 bits per heavy atom. The van der Waals surface area contributed by atoms with E-state index in [-0.39, 0.29) is 23.4 Å². The van der Waals surface area contributed by atoms with E-state index >= 15 is 0 Å². The Hall–Kier alpha value is -3.43. The van der Waals surface area contributed by atoms with E-state index in [4.69, 9.17) is 4.74 Å². The molecule has 2 heterocycles. The summed E-state index contributed by atoms with van der Waals surface area (Å²) in [5, 5.41) is 14.8. The molecule has 10 heteroatoms. The highest BCUT2D eigenvalue weighted by Crippen LogP contribution is 2.32. The van der Waals surface area contributed by atoms with Gasteiger partial charge in [0.25, 0.3) is 0 Å². The predicted molar refractivity (Wildman–Crippen MR) is 103 cm³/mol. The second-order valence-electron chi connectivity index (χ2n) is 6.16. The highest BCUT2D eigenvalue weighted by molar-refractivity contribution is 5.71. The first-order valence-electron chi connectivity index (χ1n) is 9.04. The van der Waals surface area contributed by atoms with Crippen molar-refractivity contribution in [1.82, 2.24) is 14.9 Å². The van der Waals surface area contributed by atoms with Gasteiger partial charge in [-0.15, -0.1) is 0 Å². The van der Waals surface area contributed by atoms with Crippen molar-refractivity contribution in [3.63, 3.8) is 0 Å². The average Bonchev–Trinajstić information content (AvgIpc) is 2.73. The standard InChI is InChI=1S/C18H22N6O4/c1-2-28-18(25)23-10-8-22(9-11-23)17-15(24(26)27)16(20-13-21-17)19-12-14-6-4-3-5-7-14/h3-7,13H,2,8-12H2,1H3,(H,19,20,21). The molecule has 0 atom stereocenters. The Labute approximate surface area is 162 Å². The summed E-state index contributed by atoms with van der Waals surface area (Å²) in [7, 11) is 0. The summed E-state index contributed by atoms with van der Waals surface area (Å²) < 4.78 is 5.00. The van der Waals surface area contributed by atoms with E-state index in [0.29, 0.717) is 39.3 Å². The van der Waals surface area contributed by atoms with Crippen LogP contribution in [0.15, 0.2) is 36.7 Å². The number of nitro groups is 1. The molecule has 28 heavy (non-hydrogen) atoms. The maximum atomic E-state index is 11.8. The van der Waals surface area contributed by atoms with Crippen LogP contribution in [0.25, 0.3) is 0 Å². The largest absolute Gasteiger partial charge is 0.450 e. The summed E-state index contributed by atoms with van der Waals surface area (Å²) >= 11 is 0. The van der Waals surface area contributed by atoms with Crippen molar-refractivity contribution in [2.75, 3.05) is 43.0 Å². The first kappa shape index (κ1) is 19.3. The number of benzene rings is 1. The topological polar surface area (TPSA) is 114 Å². The molecule has 1 fully saturated rings. The Balaban J connectivity index is 1.75. The number of nitrogens with one attached hydrogen (secondary N) is 1. The summed E-state index contributed by atoms with van der Waals surface area (Å²) in [6.07, 6.45) is 0.942. The molecule has 0 spiro atoms. The number of carbonyl (C=O) groups is 1. The molecule has 0 bridgehead atoms. The molecule has 0 radical (unpaired) electrons. The van der Waals surface area contributed by atoms with E-state index in [0.717, 1.165) is 5.56 Å². The highest BCUT2D eigenvalue weighted by Gasteiger charge is 2.30. The fourth-order valence-electron chi connectivity index (χ4n) is 3.00. The van der Waals surface area contributed by atoms with Gasteiger partial charge < -0.3 is 19.9 Å². The maximum absolute atomic E-state index is 11.8. The quantitative estimate of drug-likeness (QED) is 0.594. The van der Waals surface area contributed by atoms with Crippen LogP contribution in [0.2, 0.25) is 0 Å². The molecule has 1 aromatic carbocycles. The first-order chi connectivity index (χ1) is 13.6. The molecular formula is C18H22N6O4. The van der Waals surface area contributed by atoms with Crippen molar-refractivity contribution in [3.8, 4) is 0 Å². The summed E-state index contributed by atoms with van der Waals surface area (Å²) in [6, 6.07) is 9.56. The zero-order valence-corrected chi connectivity index (χ0v) is 15.6. The Morgan fingerprint density at radius 1 is 1.21 bits per heavy atom. The lowest BCUT2D eigenvalue weighted by molar-refractivity contribution is -0.383. The van der Waals surface area contributed by atoms with Gasteiger partial charge in [-0.1, -0.05) is 30.3 Å². The summed E-state index contributed by atoms with van der Waals surface area (Å²) in [4.78, 5) is 34.7. The number of ether oxygens (including phenoxy) is 1. The van der Waals surface area contributed by atoms with E-state index in [2.05, 4.69) is 15.3 Å². The lowest BCUT2D eigenvalue weighted by Crippen LogP contribution is -2.49. The van der Waals surface area contributed by atoms with Gasteiger partial charge in [0.2, 0.25) is 11.6 Å². The lowest BCUT2D eigenvalue weighted by Gasteiger charge is -2.34. The van der Waals surface area contributed by atoms with E-state index in [1.807, 2.05) is 30.3 Å². The van der Waals surface area contributed by atoms with Gasteiger partial charge in [-0.25, -0.2) is 14.8 Å². The Kier molecular flexibility index (Phi) is 6.20. The van der Waals surface area contributed by atoms with Crippen LogP contribution >= 0.6 is 0 Å². The molecule has 0 aliphatic carbocycles. The van der Waals surface area contributed by atoms with E-state index in [1.54, 1.807) is 16.7 Å². The Bertz CT molecular complexity index is 824. The molecule has 2 aromatic rings. The van der Waals surface area contributed by atoms with Crippen molar-refractivity contribution in [3.05, 3.63) is 52.3 Å². The summed E-state index contributed by atoms with van der Waals surface area (Å²) in [6.45, 7) is 4.15. The number of amides is 1. The summed E-state index contributed by atoms with van der Waals surface area (Å²) in [5.74, 6) is 0.422. The van der Waals surface area contributed by atoms with Gasteiger partial charge in [0, 0.05) is 32.7 Å². The predicted octanol–water partition coefficient (Wildman–Crippen LogP) is 2.28. The molecule has 10 nitrogen and oxygen atoms in total. The number of piperazine rings is 1. The average molecular weight is 386 g/mol. The third kappa shape index (κ3) is 4.45. The molecule has 1 aliphatic rings. The van der Waals surface area contributed by atoms with Crippen LogP contribution in [0.4, 0.5) is 22.1 Å². The molecule has 3 rings (SSSR count). The van der Waals surface area contributed by atoms with Gasteiger partial charge >= 0.3 is 11.8 Å². The van der Waals surface area contributed by atoms with Gasteiger partial charge in [-0.3, -0.25) is 10.1 Å². The number of carbonyl (C=O) groups excluding carboxylic acids is 1. The van der Waals surface area contributed by atoms with Crippen LogP contribution in [0.5, 0.6) is 0 Å². The van der Waals surface area contributed by atoms with Crippen LogP contribution in [-0.2, 0) is 11.3 Å². The fraction of sp³-hybridized carbons (Fsp3) is 0.389. The smallest absolute Gasteiger partial charge is 0.409 e. The molecule has 1 aliphatic heterocycles. The van der Waals surface area contributed by atoms with Gasteiger partial charge in [0.05, 0.1) is 11.5 Å². The third-order valence-electron chi connectivity index (χ3n) is 4.39. The van der Waals surface area contributed by atoms with Crippen molar-refractivity contribution in [2.24, 2.45) is 0 Å². The van der Waals surface area contributed by atoms with Crippen LogP contribution in [-0.4, -0.2) is 58.7 Å². The zero-order valence-electron chi connectivity index (χ0n) is 15.6.